The van der Waals surface area contributed by atoms with Crippen LogP contribution in [0.25, 0.3) is 0 Å². The number of carbonyl (C=O) groups is 2. The average molecular weight is 388 g/mol. The molecule has 0 amide bonds. The fraction of sp³-hybridized carbons (Fsp3) is 0.556. The van der Waals surface area contributed by atoms with Crippen LogP contribution in [0.1, 0.15) is 38.7 Å². The summed E-state index contributed by atoms with van der Waals surface area (Å²) >= 11 is 12.5. The maximum Gasteiger partial charge on any atom is 0.311 e. The molecular formula is C18H23Cl2NO4. The second kappa shape index (κ2) is 7.14. The molecule has 3 N–H and O–H groups in total. The molecule has 5 unspecified atom stereocenters. The zero-order chi connectivity index (χ0) is 19.0. The number of rotatable bonds is 5. The van der Waals surface area contributed by atoms with Crippen LogP contribution in [0.3, 0.4) is 0 Å². The number of piperidine rings is 1. The van der Waals surface area contributed by atoms with Crippen molar-refractivity contribution in [1.29, 1.82) is 0 Å². The fourth-order valence-electron chi connectivity index (χ4n) is 4.28. The first-order chi connectivity index (χ1) is 11.7. The zero-order valence-electron chi connectivity index (χ0n) is 14.4. The summed E-state index contributed by atoms with van der Waals surface area (Å²) in [5, 5.41) is 23.7. The van der Waals surface area contributed by atoms with E-state index in [0.717, 1.165) is 0 Å². The minimum atomic E-state index is -1.40. The van der Waals surface area contributed by atoms with Gasteiger partial charge in [-0.15, -0.1) is 11.6 Å². The second-order valence-electron chi connectivity index (χ2n) is 6.84. The highest BCUT2D eigenvalue weighted by Gasteiger charge is 2.65. The number of halogens is 2. The number of aliphatic carboxylic acids is 2. The van der Waals surface area contributed by atoms with E-state index < -0.39 is 40.8 Å². The van der Waals surface area contributed by atoms with Crippen molar-refractivity contribution in [3.8, 4) is 0 Å². The van der Waals surface area contributed by atoms with Crippen LogP contribution in [0.5, 0.6) is 0 Å². The summed E-state index contributed by atoms with van der Waals surface area (Å²) in [6.45, 7) is 5.08. The lowest BCUT2D eigenvalue weighted by Gasteiger charge is -2.56. The Morgan fingerprint density at radius 3 is 2.28 bits per heavy atom. The third-order valence-electron chi connectivity index (χ3n) is 5.90. The number of hydrogen-bond acceptors (Lipinski definition) is 3. The number of benzene rings is 1. The van der Waals surface area contributed by atoms with Crippen LogP contribution in [0.15, 0.2) is 24.3 Å². The van der Waals surface area contributed by atoms with E-state index in [0.29, 0.717) is 10.6 Å². The summed E-state index contributed by atoms with van der Waals surface area (Å²) in [5.41, 5.74) is -2.24. The maximum atomic E-state index is 12.5. The summed E-state index contributed by atoms with van der Waals surface area (Å²) in [4.78, 5) is 24.7. The van der Waals surface area contributed by atoms with Gasteiger partial charge in [0.1, 0.15) is 0 Å². The lowest BCUT2D eigenvalue weighted by molar-refractivity contribution is -0.170. The van der Waals surface area contributed by atoms with Crippen LogP contribution in [0.4, 0.5) is 0 Å². The van der Waals surface area contributed by atoms with Gasteiger partial charge in [-0.25, -0.2) is 0 Å². The minimum absolute atomic E-state index is 0.0567. The minimum Gasteiger partial charge on any atom is -0.481 e. The van der Waals surface area contributed by atoms with Gasteiger partial charge in [0.15, 0.2) is 0 Å². The number of nitrogens with one attached hydrogen (secondary N) is 1. The molecule has 5 nitrogen and oxygen atoms in total. The Morgan fingerprint density at radius 2 is 1.84 bits per heavy atom. The van der Waals surface area contributed by atoms with Gasteiger partial charge in [-0.1, -0.05) is 36.7 Å². The van der Waals surface area contributed by atoms with E-state index >= 15 is 0 Å². The molecule has 1 saturated heterocycles. The molecule has 0 radical (unpaired) electrons. The first-order valence-electron chi connectivity index (χ1n) is 8.21. The Hall–Kier alpha value is -1.30. The monoisotopic (exact) mass is 387 g/mol. The Kier molecular flexibility index (Phi) is 5.71. The van der Waals surface area contributed by atoms with Gasteiger partial charge in [0.25, 0.3) is 0 Å². The predicted octanol–water partition coefficient (Wildman–Crippen LogP) is 3.59. The molecule has 0 bridgehead atoms. The van der Waals surface area contributed by atoms with E-state index in [4.69, 9.17) is 23.2 Å². The second-order valence-corrected chi connectivity index (χ2v) is 7.55. The van der Waals surface area contributed by atoms with E-state index in [-0.39, 0.29) is 12.3 Å². The quantitative estimate of drug-likeness (QED) is 0.671. The summed E-state index contributed by atoms with van der Waals surface area (Å²) < 4.78 is 0. The number of carboxylic acids is 2. The van der Waals surface area contributed by atoms with Crippen LogP contribution >= 0.6 is 23.2 Å². The summed E-state index contributed by atoms with van der Waals surface area (Å²) in [6.07, 6.45) is 0.220. The van der Waals surface area contributed by atoms with Crippen LogP contribution in [0.2, 0.25) is 5.02 Å². The van der Waals surface area contributed by atoms with Crippen molar-refractivity contribution in [2.45, 2.75) is 45.2 Å². The van der Waals surface area contributed by atoms with Crippen LogP contribution in [-0.2, 0) is 9.59 Å². The Morgan fingerprint density at radius 1 is 1.24 bits per heavy atom. The molecule has 1 fully saturated rings. The van der Waals surface area contributed by atoms with Crippen molar-refractivity contribution >= 4 is 35.1 Å². The molecule has 0 saturated carbocycles. The van der Waals surface area contributed by atoms with E-state index in [1.54, 1.807) is 45.0 Å². The summed E-state index contributed by atoms with van der Waals surface area (Å²) in [7, 11) is 0. The molecule has 7 heteroatoms. The largest absolute Gasteiger partial charge is 0.481 e. The SMILES string of the molecule is CCC1(C(=O)O)C(CCl)NC(C)C(C)(C(=O)O)C1c1ccccc1Cl. The van der Waals surface area contributed by atoms with Gasteiger partial charge in [0.2, 0.25) is 0 Å². The van der Waals surface area contributed by atoms with Crippen molar-refractivity contribution in [2.75, 3.05) is 5.88 Å². The molecule has 5 atom stereocenters. The Labute approximate surface area is 157 Å². The molecule has 0 aromatic heterocycles. The van der Waals surface area contributed by atoms with Gasteiger partial charge >= 0.3 is 11.9 Å². The van der Waals surface area contributed by atoms with Crippen LogP contribution < -0.4 is 5.32 Å². The van der Waals surface area contributed by atoms with Gasteiger partial charge in [-0.05, 0) is 31.9 Å². The topological polar surface area (TPSA) is 86.6 Å². The molecular weight excluding hydrogens is 365 g/mol. The van der Waals surface area contributed by atoms with Gasteiger partial charge in [0, 0.05) is 28.9 Å². The third-order valence-corrected chi connectivity index (χ3v) is 6.55. The van der Waals surface area contributed by atoms with Crippen molar-refractivity contribution < 1.29 is 19.8 Å². The van der Waals surface area contributed by atoms with E-state index in [1.807, 2.05) is 0 Å². The van der Waals surface area contributed by atoms with E-state index in [1.165, 1.54) is 0 Å². The fourth-order valence-corrected chi connectivity index (χ4v) is 4.89. The van der Waals surface area contributed by atoms with Gasteiger partial charge < -0.3 is 15.5 Å². The van der Waals surface area contributed by atoms with Gasteiger partial charge in [-0.2, -0.15) is 0 Å². The predicted molar refractivity (Wildman–Crippen MR) is 97.4 cm³/mol. The van der Waals surface area contributed by atoms with Crippen LogP contribution in [0, 0.1) is 10.8 Å². The number of carboxylic acid groups (broad SMARTS) is 2. The summed E-state index contributed by atoms with van der Waals surface area (Å²) in [6, 6.07) is 5.78. The molecule has 1 aliphatic heterocycles. The molecule has 138 valence electrons. The number of alkyl halides is 1. The van der Waals surface area contributed by atoms with E-state index in [2.05, 4.69) is 5.32 Å². The first kappa shape index (κ1) is 20.0. The molecule has 1 heterocycles. The molecule has 1 aromatic rings. The smallest absolute Gasteiger partial charge is 0.311 e. The lowest BCUT2D eigenvalue weighted by Crippen LogP contribution is -2.70. The average Bonchev–Trinajstić information content (AvgIpc) is 2.57. The molecule has 0 spiro atoms. The Bertz CT molecular complexity index is 683. The van der Waals surface area contributed by atoms with Gasteiger partial charge in [-0.3, -0.25) is 9.59 Å². The zero-order valence-corrected chi connectivity index (χ0v) is 15.9. The lowest BCUT2D eigenvalue weighted by atomic mass is 9.51. The molecule has 0 aliphatic carbocycles. The highest BCUT2D eigenvalue weighted by atomic mass is 35.5. The standard InChI is InChI=1S/C18H23Cl2NO4/c1-4-18(16(24)25)13(9-19)21-10(2)17(3,15(22)23)14(18)11-7-5-6-8-12(11)20/h5-8,10,13-14,21H,4,9H2,1-3H3,(H,22,23)(H,24,25). The molecule has 2 rings (SSSR count). The molecule has 25 heavy (non-hydrogen) atoms. The van der Waals surface area contributed by atoms with Crippen molar-refractivity contribution in [3.05, 3.63) is 34.9 Å². The normalized spacial score (nSPS) is 35.3. The van der Waals surface area contributed by atoms with Crippen molar-refractivity contribution in [1.82, 2.24) is 5.32 Å². The number of hydrogen-bond donors (Lipinski definition) is 3. The van der Waals surface area contributed by atoms with Gasteiger partial charge in [0.05, 0.1) is 10.8 Å². The van der Waals surface area contributed by atoms with Crippen molar-refractivity contribution in [2.24, 2.45) is 10.8 Å². The molecule has 1 aromatic carbocycles. The highest BCUT2D eigenvalue weighted by Crippen LogP contribution is 2.58. The maximum absolute atomic E-state index is 12.5. The van der Waals surface area contributed by atoms with E-state index in [9.17, 15) is 19.8 Å². The van der Waals surface area contributed by atoms with Crippen LogP contribution in [-0.4, -0.2) is 40.1 Å². The van der Waals surface area contributed by atoms with Crippen molar-refractivity contribution in [3.63, 3.8) is 0 Å². The highest BCUT2D eigenvalue weighted by molar-refractivity contribution is 6.31. The molecule has 1 aliphatic rings. The Balaban J connectivity index is 2.87. The first-order valence-corrected chi connectivity index (χ1v) is 9.12. The third kappa shape index (κ3) is 2.82. The summed E-state index contributed by atoms with van der Waals surface area (Å²) in [5.74, 6) is -2.92.